The van der Waals surface area contributed by atoms with Crippen molar-refractivity contribution in [2.45, 2.75) is 32.2 Å². The molecule has 1 aromatic carbocycles. The van der Waals surface area contributed by atoms with Gasteiger partial charge in [0.25, 0.3) is 5.69 Å². The van der Waals surface area contributed by atoms with Crippen molar-refractivity contribution in [3.8, 4) is 11.5 Å². The third kappa shape index (κ3) is 3.14. The van der Waals surface area contributed by atoms with Gasteiger partial charge in [0.15, 0.2) is 11.5 Å². The van der Waals surface area contributed by atoms with Crippen LogP contribution in [0.5, 0.6) is 11.5 Å². The van der Waals surface area contributed by atoms with Crippen molar-refractivity contribution < 1.29 is 14.4 Å². The van der Waals surface area contributed by atoms with E-state index in [0.29, 0.717) is 23.5 Å². The van der Waals surface area contributed by atoms with E-state index in [4.69, 9.17) is 15.2 Å². The second-order valence-corrected chi connectivity index (χ2v) is 4.40. The number of nitrogens with two attached hydrogens (primary N) is 1. The highest BCUT2D eigenvalue weighted by Crippen LogP contribution is 2.39. The Morgan fingerprint density at radius 2 is 1.84 bits per heavy atom. The first kappa shape index (κ1) is 15.2. The first-order valence-electron chi connectivity index (χ1n) is 6.12. The third-order valence-corrected chi connectivity index (χ3v) is 3.20. The maximum Gasteiger partial charge on any atom is 0.276 e. The molecule has 1 rings (SSSR count). The van der Waals surface area contributed by atoms with Crippen LogP contribution >= 0.6 is 0 Å². The molecular formula is C13H20N2O4. The molecule has 0 amide bonds. The predicted octanol–water partition coefficient (Wildman–Crippen LogP) is 2.45. The van der Waals surface area contributed by atoms with Crippen molar-refractivity contribution in [3.63, 3.8) is 0 Å². The topological polar surface area (TPSA) is 87.6 Å². The maximum atomic E-state index is 11.2. The summed E-state index contributed by atoms with van der Waals surface area (Å²) in [6.45, 7) is 3.79. The van der Waals surface area contributed by atoms with Crippen molar-refractivity contribution in [1.29, 1.82) is 0 Å². The summed E-state index contributed by atoms with van der Waals surface area (Å²) in [5.41, 5.74) is 6.51. The molecule has 0 radical (unpaired) electrons. The SMILES string of the molecule is CCC(c1cc(OC)c(OC)cc1[N+](=O)[O-])C(C)N. The van der Waals surface area contributed by atoms with Gasteiger partial charge in [0.2, 0.25) is 0 Å². The number of benzene rings is 1. The zero-order valence-electron chi connectivity index (χ0n) is 11.7. The van der Waals surface area contributed by atoms with Gasteiger partial charge in [-0.3, -0.25) is 10.1 Å². The number of hydrogen-bond donors (Lipinski definition) is 1. The summed E-state index contributed by atoms with van der Waals surface area (Å²) < 4.78 is 10.3. The lowest BCUT2D eigenvalue weighted by Crippen LogP contribution is -2.25. The molecule has 6 nitrogen and oxygen atoms in total. The minimum atomic E-state index is -0.414. The molecule has 1 aromatic rings. The quantitative estimate of drug-likeness (QED) is 0.632. The Hall–Kier alpha value is -1.82. The second kappa shape index (κ2) is 6.38. The summed E-state index contributed by atoms with van der Waals surface area (Å²) in [6.07, 6.45) is 0.716. The first-order chi connectivity index (χ1) is 8.96. The molecule has 0 saturated carbocycles. The molecule has 2 N–H and O–H groups in total. The molecule has 0 heterocycles. The van der Waals surface area contributed by atoms with Gasteiger partial charge in [0, 0.05) is 17.5 Å². The number of nitrogens with zero attached hydrogens (tertiary/aromatic N) is 1. The van der Waals surface area contributed by atoms with E-state index in [0.717, 1.165) is 0 Å². The molecule has 0 aliphatic carbocycles. The monoisotopic (exact) mass is 268 g/mol. The molecule has 0 aliphatic rings. The zero-order chi connectivity index (χ0) is 14.6. The molecule has 6 heteroatoms. The van der Waals surface area contributed by atoms with E-state index in [9.17, 15) is 10.1 Å². The summed E-state index contributed by atoms with van der Waals surface area (Å²) >= 11 is 0. The van der Waals surface area contributed by atoms with Crippen LogP contribution in [-0.4, -0.2) is 25.2 Å². The number of rotatable bonds is 6. The van der Waals surface area contributed by atoms with Crippen molar-refractivity contribution >= 4 is 5.69 Å². The van der Waals surface area contributed by atoms with Gasteiger partial charge in [-0.15, -0.1) is 0 Å². The van der Waals surface area contributed by atoms with E-state index in [1.165, 1.54) is 20.3 Å². The smallest absolute Gasteiger partial charge is 0.276 e. The molecule has 106 valence electrons. The van der Waals surface area contributed by atoms with E-state index < -0.39 is 4.92 Å². The van der Waals surface area contributed by atoms with Gasteiger partial charge in [-0.05, 0) is 19.4 Å². The second-order valence-electron chi connectivity index (χ2n) is 4.40. The Kier molecular flexibility index (Phi) is 5.11. The van der Waals surface area contributed by atoms with Crippen molar-refractivity contribution in [2.24, 2.45) is 5.73 Å². The summed E-state index contributed by atoms with van der Waals surface area (Å²) in [5.74, 6) is 0.722. The molecular weight excluding hydrogens is 248 g/mol. The van der Waals surface area contributed by atoms with E-state index in [2.05, 4.69) is 0 Å². The minimum absolute atomic E-state index is 0.0156. The zero-order valence-corrected chi connectivity index (χ0v) is 11.7. The Balaban J connectivity index is 3.46. The summed E-state index contributed by atoms with van der Waals surface area (Å²) in [4.78, 5) is 10.8. The maximum absolute atomic E-state index is 11.2. The first-order valence-corrected chi connectivity index (χ1v) is 6.12. The summed E-state index contributed by atoms with van der Waals surface area (Å²) in [5, 5.41) is 11.2. The number of nitro benzene ring substituents is 1. The van der Waals surface area contributed by atoms with Gasteiger partial charge in [-0.2, -0.15) is 0 Å². The highest BCUT2D eigenvalue weighted by molar-refractivity contribution is 5.55. The molecule has 0 bridgehead atoms. The van der Waals surface area contributed by atoms with E-state index >= 15 is 0 Å². The molecule has 0 saturated heterocycles. The van der Waals surface area contributed by atoms with Crippen LogP contribution in [0.25, 0.3) is 0 Å². The van der Waals surface area contributed by atoms with Gasteiger partial charge in [0.05, 0.1) is 25.2 Å². The van der Waals surface area contributed by atoms with E-state index in [-0.39, 0.29) is 17.6 Å². The average molecular weight is 268 g/mol. The Labute approximate surface area is 112 Å². The highest BCUT2D eigenvalue weighted by atomic mass is 16.6. The fraction of sp³-hybridized carbons (Fsp3) is 0.538. The van der Waals surface area contributed by atoms with Crippen LogP contribution < -0.4 is 15.2 Å². The standard InChI is InChI=1S/C13H20N2O4/c1-5-9(8(2)14)10-6-12(18-3)13(19-4)7-11(10)15(16)17/h6-9H,5,14H2,1-4H3. The molecule has 0 aromatic heterocycles. The number of hydrogen-bond acceptors (Lipinski definition) is 5. The largest absolute Gasteiger partial charge is 0.493 e. The normalized spacial score (nSPS) is 13.7. The molecule has 0 fully saturated rings. The average Bonchev–Trinajstić information content (AvgIpc) is 2.38. The van der Waals surface area contributed by atoms with Gasteiger partial charge in [-0.25, -0.2) is 0 Å². The van der Waals surface area contributed by atoms with Crippen LogP contribution in [0.15, 0.2) is 12.1 Å². The van der Waals surface area contributed by atoms with Gasteiger partial charge in [0.1, 0.15) is 0 Å². The van der Waals surface area contributed by atoms with Crippen molar-refractivity contribution in [1.82, 2.24) is 0 Å². The third-order valence-electron chi connectivity index (χ3n) is 3.20. The number of ether oxygens (including phenoxy) is 2. The van der Waals surface area contributed by atoms with Gasteiger partial charge in [-0.1, -0.05) is 6.92 Å². The van der Waals surface area contributed by atoms with E-state index in [1.807, 2.05) is 13.8 Å². The molecule has 0 aliphatic heterocycles. The number of methoxy groups -OCH3 is 2. The van der Waals surface area contributed by atoms with Crippen LogP contribution in [0.2, 0.25) is 0 Å². The van der Waals surface area contributed by atoms with Crippen molar-refractivity contribution in [3.05, 3.63) is 27.8 Å². The predicted molar refractivity (Wildman–Crippen MR) is 72.9 cm³/mol. The van der Waals surface area contributed by atoms with Gasteiger partial charge < -0.3 is 15.2 Å². The number of nitro groups is 1. The van der Waals surface area contributed by atoms with Crippen molar-refractivity contribution in [2.75, 3.05) is 14.2 Å². The molecule has 2 unspecified atom stereocenters. The Morgan fingerprint density at radius 3 is 2.21 bits per heavy atom. The lowest BCUT2D eigenvalue weighted by molar-refractivity contribution is -0.385. The highest BCUT2D eigenvalue weighted by Gasteiger charge is 2.26. The molecule has 0 spiro atoms. The van der Waals surface area contributed by atoms with Crippen LogP contribution in [0, 0.1) is 10.1 Å². The molecule has 19 heavy (non-hydrogen) atoms. The summed E-state index contributed by atoms with van der Waals surface area (Å²) in [6, 6.07) is 2.86. The van der Waals surface area contributed by atoms with Crippen LogP contribution in [0.3, 0.4) is 0 Å². The van der Waals surface area contributed by atoms with E-state index in [1.54, 1.807) is 6.07 Å². The Bertz CT molecular complexity index is 460. The molecule has 2 atom stereocenters. The fourth-order valence-electron chi connectivity index (χ4n) is 2.21. The lowest BCUT2D eigenvalue weighted by atomic mass is 9.89. The van der Waals surface area contributed by atoms with Crippen LogP contribution in [0.1, 0.15) is 31.7 Å². The van der Waals surface area contributed by atoms with Gasteiger partial charge >= 0.3 is 0 Å². The fourth-order valence-corrected chi connectivity index (χ4v) is 2.21. The minimum Gasteiger partial charge on any atom is -0.493 e. The Morgan fingerprint density at radius 1 is 1.32 bits per heavy atom. The van der Waals surface area contributed by atoms with Crippen LogP contribution in [0.4, 0.5) is 5.69 Å². The van der Waals surface area contributed by atoms with Crippen LogP contribution in [-0.2, 0) is 0 Å². The lowest BCUT2D eigenvalue weighted by Gasteiger charge is -2.20. The summed E-state index contributed by atoms with van der Waals surface area (Å²) in [7, 11) is 2.95.